The van der Waals surface area contributed by atoms with Crippen LogP contribution in [-0.2, 0) is 11.0 Å². The van der Waals surface area contributed by atoms with Gasteiger partial charge < -0.3 is 15.0 Å². The predicted octanol–water partition coefficient (Wildman–Crippen LogP) is 3.66. The van der Waals surface area contributed by atoms with Crippen LogP contribution in [0.15, 0.2) is 36.5 Å². The number of rotatable bonds is 3. The zero-order valence-electron chi connectivity index (χ0n) is 16.2. The molecule has 2 unspecified atom stereocenters. The number of methoxy groups -OCH3 is 1. The molecule has 1 amide bonds. The number of pyridine rings is 1. The number of benzene rings is 1. The fourth-order valence-electron chi connectivity index (χ4n) is 4.26. The second-order valence-electron chi connectivity index (χ2n) is 7.61. The Morgan fingerprint density at radius 3 is 2.59 bits per heavy atom. The molecule has 8 heteroatoms. The first-order valence-electron chi connectivity index (χ1n) is 9.50. The second-order valence-corrected chi connectivity index (χ2v) is 7.61. The molecule has 2 aliphatic rings. The van der Waals surface area contributed by atoms with Gasteiger partial charge in [-0.3, -0.25) is 9.78 Å². The first-order valence-corrected chi connectivity index (χ1v) is 9.50. The van der Waals surface area contributed by atoms with E-state index in [0.29, 0.717) is 23.4 Å². The van der Waals surface area contributed by atoms with E-state index in [2.05, 4.69) is 10.3 Å². The standard InChI is InChI=1S/C21H22F3N3O2/c1-27-11-18-14(20(27)28)7-8-16(26-18)17-9-15(19(29-2)10-25-17)12-3-5-13(6-4-12)21(22,23)24/h3-6,9-10,14,16,18,26H,7-8,11H2,1-2H3/t14?,16-,18?/m0/s1. The number of aromatic nitrogens is 1. The number of halogens is 3. The van der Waals surface area contributed by atoms with Gasteiger partial charge >= 0.3 is 6.18 Å². The van der Waals surface area contributed by atoms with Gasteiger partial charge in [-0.15, -0.1) is 0 Å². The van der Waals surface area contributed by atoms with Crippen LogP contribution >= 0.6 is 0 Å². The van der Waals surface area contributed by atoms with Crippen molar-refractivity contribution in [2.45, 2.75) is 31.1 Å². The largest absolute Gasteiger partial charge is 0.494 e. The molecule has 2 aliphatic heterocycles. The van der Waals surface area contributed by atoms with Crippen molar-refractivity contribution in [1.29, 1.82) is 0 Å². The molecule has 29 heavy (non-hydrogen) atoms. The third kappa shape index (κ3) is 3.69. The van der Waals surface area contributed by atoms with E-state index in [1.807, 2.05) is 13.1 Å². The van der Waals surface area contributed by atoms with Crippen molar-refractivity contribution < 1.29 is 22.7 Å². The molecule has 1 N–H and O–H groups in total. The number of carbonyl (C=O) groups excluding carboxylic acids is 1. The lowest BCUT2D eigenvalue weighted by atomic mass is 9.87. The van der Waals surface area contributed by atoms with Gasteiger partial charge in [0.05, 0.1) is 30.5 Å². The third-order valence-corrected chi connectivity index (χ3v) is 5.82. The number of carbonyl (C=O) groups is 1. The molecule has 4 rings (SSSR count). The van der Waals surface area contributed by atoms with E-state index in [-0.39, 0.29) is 23.9 Å². The molecule has 154 valence electrons. The summed E-state index contributed by atoms with van der Waals surface area (Å²) in [5.41, 5.74) is 1.42. The zero-order valence-corrected chi connectivity index (χ0v) is 16.2. The predicted molar refractivity (Wildman–Crippen MR) is 101 cm³/mol. The Balaban J connectivity index is 1.62. The highest BCUT2D eigenvalue weighted by atomic mass is 19.4. The molecular weight excluding hydrogens is 383 g/mol. The third-order valence-electron chi connectivity index (χ3n) is 5.82. The summed E-state index contributed by atoms with van der Waals surface area (Å²) in [4.78, 5) is 18.4. The number of nitrogens with one attached hydrogen (secondary N) is 1. The minimum Gasteiger partial charge on any atom is -0.494 e. The van der Waals surface area contributed by atoms with Crippen molar-refractivity contribution >= 4 is 5.91 Å². The summed E-state index contributed by atoms with van der Waals surface area (Å²) in [5.74, 6) is 0.677. The van der Waals surface area contributed by atoms with Crippen LogP contribution in [-0.4, -0.2) is 42.5 Å². The number of piperidine rings is 1. The van der Waals surface area contributed by atoms with Gasteiger partial charge in [-0.1, -0.05) is 12.1 Å². The summed E-state index contributed by atoms with van der Waals surface area (Å²) in [6.45, 7) is 0.669. The van der Waals surface area contributed by atoms with Gasteiger partial charge in [0.25, 0.3) is 0 Å². The van der Waals surface area contributed by atoms with Crippen LogP contribution in [0.5, 0.6) is 5.75 Å². The molecule has 0 spiro atoms. The number of hydrogen-bond acceptors (Lipinski definition) is 4. The Hall–Kier alpha value is -2.61. The van der Waals surface area contributed by atoms with Gasteiger partial charge in [0, 0.05) is 31.2 Å². The molecule has 0 saturated carbocycles. The Bertz CT molecular complexity index is 914. The number of nitrogens with zero attached hydrogens (tertiary/aromatic N) is 2. The van der Waals surface area contributed by atoms with E-state index >= 15 is 0 Å². The van der Waals surface area contributed by atoms with Crippen molar-refractivity contribution in [3.63, 3.8) is 0 Å². The summed E-state index contributed by atoms with van der Waals surface area (Å²) in [6.07, 6.45) is -1.22. The van der Waals surface area contributed by atoms with Gasteiger partial charge in [-0.05, 0) is 36.6 Å². The lowest BCUT2D eigenvalue weighted by Gasteiger charge is -2.31. The number of amides is 1. The van der Waals surface area contributed by atoms with Crippen molar-refractivity contribution in [3.05, 3.63) is 47.8 Å². The van der Waals surface area contributed by atoms with E-state index in [0.717, 1.165) is 30.7 Å². The van der Waals surface area contributed by atoms with E-state index in [1.165, 1.54) is 19.2 Å². The molecule has 3 heterocycles. The Labute approximate surface area is 166 Å². The monoisotopic (exact) mass is 405 g/mol. The molecule has 5 nitrogen and oxygen atoms in total. The van der Waals surface area contributed by atoms with Crippen LogP contribution in [0.4, 0.5) is 13.2 Å². The molecule has 2 fully saturated rings. The number of alkyl halides is 3. The molecule has 1 aromatic heterocycles. The Morgan fingerprint density at radius 2 is 1.93 bits per heavy atom. The maximum atomic E-state index is 12.9. The number of likely N-dealkylation sites (N-methyl/N-ethyl adjacent to an activating group) is 1. The summed E-state index contributed by atoms with van der Waals surface area (Å²) in [7, 11) is 3.32. The highest BCUT2D eigenvalue weighted by molar-refractivity contribution is 5.82. The minimum atomic E-state index is -4.37. The van der Waals surface area contributed by atoms with Crippen molar-refractivity contribution in [1.82, 2.24) is 15.2 Å². The van der Waals surface area contributed by atoms with E-state index < -0.39 is 11.7 Å². The fraction of sp³-hybridized carbons (Fsp3) is 0.429. The van der Waals surface area contributed by atoms with Crippen LogP contribution in [0.3, 0.4) is 0 Å². The minimum absolute atomic E-state index is 0.00359. The normalized spacial score (nSPS) is 24.5. The van der Waals surface area contributed by atoms with Crippen molar-refractivity contribution in [3.8, 4) is 16.9 Å². The second kappa shape index (κ2) is 7.33. The van der Waals surface area contributed by atoms with E-state index in [4.69, 9.17) is 4.74 Å². The number of ether oxygens (including phenoxy) is 1. The molecule has 0 aliphatic carbocycles. The maximum absolute atomic E-state index is 12.9. The average molecular weight is 405 g/mol. The van der Waals surface area contributed by atoms with Crippen LogP contribution in [0.1, 0.15) is 30.1 Å². The van der Waals surface area contributed by atoms with E-state index in [1.54, 1.807) is 11.1 Å². The number of likely N-dealkylation sites (tertiary alicyclic amines) is 1. The maximum Gasteiger partial charge on any atom is 0.416 e. The molecule has 2 saturated heterocycles. The molecule has 3 atom stereocenters. The summed E-state index contributed by atoms with van der Waals surface area (Å²) in [5, 5.41) is 3.52. The van der Waals surface area contributed by atoms with Crippen molar-refractivity contribution in [2.24, 2.45) is 5.92 Å². The molecule has 2 aromatic rings. The van der Waals surface area contributed by atoms with Gasteiger partial charge in [0.2, 0.25) is 5.91 Å². The lowest BCUT2D eigenvalue weighted by Crippen LogP contribution is -2.43. The molecule has 0 radical (unpaired) electrons. The number of fused-ring (bicyclic) bond motifs is 1. The van der Waals surface area contributed by atoms with Gasteiger partial charge in [-0.25, -0.2) is 0 Å². The molecule has 1 aromatic carbocycles. The van der Waals surface area contributed by atoms with E-state index in [9.17, 15) is 18.0 Å². The van der Waals surface area contributed by atoms with Crippen LogP contribution in [0.2, 0.25) is 0 Å². The fourth-order valence-corrected chi connectivity index (χ4v) is 4.26. The summed E-state index contributed by atoms with van der Waals surface area (Å²) >= 11 is 0. The first-order chi connectivity index (χ1) is 13.8. The van der Waals surface area contributed by atoms with Crippen LogP contribution in [0.25, 0.3) is 11.1 Å². The van der Waals surface area contributed by atoms with Crippen molar-refractivity contribution in [2.75, 3.05) is 20.7 Å². The van der Waals surface area contributed by atoms with Crippen LogP contribution in [0, 0.1) is 5.92 Å². The van der Waals surface area contributed by atoms with Crippen LogP contribution < -0.4 is 10.1 Å². The quantitative estimate of drug-likeness (QED) is 0.847. The Morgan fingerprint density at radius 1 is 1.21 bits per heavy atom. The SMILES string of the molecule is COc1cnc([C@@H]2CCC3C(=O)N(C)CC3N2)cc1-c1ccc(C(F)(F)F)cc1. The number of hydrogen-bond donors (Lipinski definition) is 1. The molecule has 0 bridgehead atoms. The first kappa shape index (κ1) is 19.7. The zero-order chi connectivity index (χ0) is 20.8. The Kier molecular flexibility index (Phi) is 4.98. The smallest absolute Gasteiger partial charge is 0.416 e. The summed E-state index contributed by atoms with van der Waals surface area (Å²) in [6, 6.07) is 6.95. The molecular formula is C21H22F3N3O2. The topological polar surface area (TPSA) is 54.5 Å². The van der Waals surface area contributed by atoms with Gasteiger partial charge in [0.1, 0.15) is 5.75 Å². The van der Waals surface area contributed by atoms with Gasteiger partial charge in [0.15, 0.2) is 0 Å². The highest BCUT2D eigenvalue weighted by Gasteiger charge is 2.42. The van der Waals surface area contributed by atoms with Gasteiger partial charge in [-0.2, -0.15) is 13.2 Å². The average Bonchev–Trinajstić information content (AvgIpc) is 3.00. The highest BCUT2D eigenvalue weighted by Crippen LogP contribution is 2.37. The summed E-state index contributed by atoms with van der Waals surface area (Å²) < 4.78 is 44.0. The lowest BCUT2D eigenvalue weighted by molar-refractivity contribution is -0.137.